The Morgan fingerprint density at radius 2 is 1.74 bits per heavy atom. The van der Waals surface area contributed by atoms with Gasteiger partial charge in [0.15, 0.2) is 0 Å². The number of urea groups is 1. The quantitative estimate of drug-likeness (QED) is 0.186. The summed E-state index contributed by atoms with van der Waals surface area (Å²) in [5.41, 5.74) is 12.7. The lowest BCUT2D eigenvalue weighted by atomic mass is 9.78. The highest BCUT2D eigenvalue weighted by atomic mass is 19.1. The van der Waals surface area contributed by atoms with E-state index < -0.39 is 0 Å². The molecule has 2 amide bonds. The van der Waals surface area contributed by atoms with Crippen LogP contribution in [0.5, 0.6) is 0 Å². The number of rotatable bonds is 10. The minimum absolute atomic E-state index is 0.0795. The Balaban J connectivity index is 1.12. The summed E-state index contributed by atoms with van der Waals surface area (Å²) in [6.45, 7) is 3.32. The van der Waals surface area contributed by atoms with Gasteiger partial charge in [-0.2, -0.15) is 0 Å². The summed E-state index contributed by atoms with van der Waals surface area (Å²) in [6.07, 6.45) is 9.79. The summed E-state index contributed by atoms with van der Waals surface area (Å²) >= 11 is 0. The van der Waals surface area contributed by atoms with Gasteiger partial charge in [-0.1, -0.05) is 79.2 Å². The van der Waals surface area contributed by atoms with Gasteiger partial charge in [0, 0.05) is 30.4 Å². The summed E-state index contributed by atoms with van der Waals surface area (Å²) in [5, 5.41) is 5.50. The number of amides is 2. The second kappa shape index (κ2) is 13.7. The van der Waals surface area contributed by atoms with Gasteiger partial charge in [0.25, 0.3) is 0 Å². The van der Waals surface area contributed by atoms with E-state index in [0.29, 0.717) is 19.0 Å². The zero-order valence-electron chi connectivity index (χ0n) is 26.6. The van der Waals surface area contributed by atoms with E-state index in [0.717, 1.165) is 48.3 Å². The average molecular weight is 626 g/mol. The smallest absolute Gasteiger partial charge is 0.318 e. The number of halogens is 1. The molecule has 238 valence electrons. The van der Waals surface area contributed by atoms with Crippen LogP contribution in [0, 0.1) is 17.7 Å². The Hall–Kier alpha value is -5.17. The average Bonchev–Trinajstić information content (AvgIpc) is 3.73. The Labute approximate surface area is 276 Å². The van der Waals surface area contributed by atoms with Crippen molar-refractivity contribution in [3.8, 4) is 0 Å². The van der Waals surface area contributed by atoms with Crippen molar-refractivity contribution in [3.63, 3.8) is 0 Å². The molecule has 2 aliphatic carbocycles. The topological polar surface area (TPSA) is 60.5 Å². The number of anilines is 1. The molecule has 0 saturated heterocycles. The molecule has 2 N–H and O–H groups in total. The van der Waals surface area contributed by atoms with E-state index >= 15 is 0 Å². The highest BCUT2D eigenvalue weighted by Crippen LogP contribution is 2.49. The first-order chi connectivity index (χ1) is 23.0. The SMILES string of the molecule is C[C@H]1C2=CNN(c3ccc(F)cc3)C2=CC2=C1[C@@H](CC(NC(=O)N(CCc1ccccc1)Cc1ccccn1)c1ccccc1)CC2. The molecule has 1 unspecified atom stereocenters. The van der Waals surface area contributed by atoms with Crippen molar-refractivity contribution in [2.75, 3.05) is 11.6 Å². The largest absolute Gasteiger partial charge is 0.331 e. The normalized spacial score (nSPS) is 18.9. The molecule has 7 rings (SSSR count). The molecule has 1 aliphatic heterocycles. The number of benzene rings is 3. The Morgan fingerprint density at radius 1 is 1.00 bits per heavy atom. The summed E-state index contributed by atoms with van der Waals surface area (Å²) in [7, 11) is 0. The highest BCUT2D eigenvalue weighted by Gasteiger charge is 2.39. The Morgan fingerprint density at radius 3 is 2.49 bits per heavy atom. The second-order valence-electron chi connectivity index (χ2n) is 12.6. The number of hydrogen-bond acceptors (Lipinski definition) is 4. The zero-order valence-corrected chi connectivity index (χ0v) is 26.6. The number of allylic oxidation sites excluding steroid dienone is 4. The highest BCUT2D eigenvalue weighted by molar-refractivity contribution is 5.75. The number of nitrogens with zero attached hydrogens (tertiary/aromatic N) is 3. The third-order valence-electron chi connectivity index (χ3n) is 9.69. The number of nitrogens with one attached hydrogen (secondary N) is 2. The van der Waals surface area contributed by atoms with Crippen molar-refractivity contribution >= 4 is 11.7 Å². The van der Waals surface area contributed by atoms with Crippen LogP contribution >= 0.6 is 0 Å². The summed E-state index contributed by atoms with van der Waals surface area (Å²) in [4.78, 5) is 20.5. The molecular formula is C40H40FN5O. The summed E-state index contributed by atoms with van der Waals surface area (Å²) < 4.78 is 13.6. The molecule has 0 radical (unpaired) electrons. The van der Waals surface area contributed by atoms with Gasteiger partial charge in [-0.25, -0.2) is 9.18 Å². The molecule has 7 heteroatoms. The van der Waals surface area contributed by atoms with Crippen LogP contribution in [0.25, 0.3) is 0 Å². The fourth-order valence-corrected chi connectivity index (χ4v) is 7.30. The second-order valence-corrected chi connectivity index (χ2v) is 12.6. The maximum atomic E-state index is 14.1. The molecule has 0 spiro atoms. The number of aromatic nitrogens is 1. The van der Waals surface area contributed by atoms with Crippen LogP contribution in [0.1, 0.15) is 49.0 Å². The number of carbonyl (C=O) groups is 1. The maximum absolute atomic E-state index is 14.1. The lowest BCUT2D eigenvalue weighted by molar-refractivity contribution is 0.189. The van der Waals surface area contributed by atoms with Crippen LogP contribution in [-0.4, -0.2) is 22.5 Å². The van der Waals surface area contributed by atoms with Crippen molar-refractivity contribution in [2.24, 2.45) is 11.8 Å². The van der Waals surface area contributed by atoms with Gasteiger partial charge >= 0.3 is 6.03 Å². The molecule has 3 atom stereocenters. The molecule has 3 aromatic carbocycles. The first-order valence-corrected chi connectivity index (χ1v) is 16.5. The monoisotopic (exact) mass is 625 g/mol. The fraction of sp³-hybridized carbons (Fsp3) is 0.250. The molecule has 1 aromatic heterocycles. The minimum atomic E-state index is -0.244. The first kappa shape index (κ1) is 30.5. The molecule has 6 nitrogen and oxygen atoms in total. The van der Waals surface area contributed by atoms with Gasteiger partial charge in [0.1, 0.15) is 5.82 Å². The molecule has 0 bridgehead atoms. The van der Waals surface area contributed by atoms with E-state index in [1.54, 1.807) is 18.3 Å². The standard InChI is InChI=1S/C40H40FN5O/c1-28-36-26-43-46(35-19-17-33(41)18-20-35)38(36)25-32-16-15-31(39(28)32)24-37(30-12-6-3-7-13-30)44-40(47)45(27-34-14-8-9-22-42-34)23-21-29-10-4-2-5-11-29/h2-14,17-20,22,25-26,28,31,37,43H,15-16,21,23-24,27H2,1H3,(H,44,47)/t28-,31+,37?/m0/s1. The van der Waals surface area contributed by atoms with E-state index in [2.05, 4.69) is 59.2 Å². The van der Waals surface area contributed by atoms with Gasteiger partial charge < -0.3 is 15.6 Å². The molecular weight excluding hydrogens is 585 g/mol. The molecule has 0 fully saturated rings. The zero-order chi connectivity index (χ0) is 32.2. The number of carbonyl (C=O) groups excluding carboxylic acids is 1. The fourth-order valence-electron chi connectivity index (χ4n) is 7.30. The summed E-state index contributed by atoms with van der Waals surface area (Å²) in [5.74, 6) is 0.318. The molecule has 0 saturated carbocycles. The van der Waals surface area contributed by atoms with Gasteiger partial charge in [0.05, 0.1) is 29.7 Å². The maximum Gasteiger partial charge on any atom is 0.318 e. The van der Waals surface area contributed by atoms with Crippen molar-refractivity contribution in [1.29, 1.82) is 0 Å². The van der Waals surface area contributed by atoms with Crippen LogP contribution in [-0.2, 0) is 13.0 Å². The van der Waals surface area contributed by atoms with Crippen LogP contribution < -0.4 is 15.8 Å². The minimum Gasteiger partial charge on any atom is -0.331 e. The van der Waals surface area contributed by atoms with Gasteiger partial charge in [0.2, 0.25) is 0 Å². The van der Waals surface area contributed by atoms with E-state index in [1.165, 1.54) is 34.4 Å². The van der Waals surface area contributed by atoms with Crippen molar-refractivity contribution in [3.05, 3.63) is 167 Å². The molecule has 47 heavy (non-hydrogen) atoms. The van der Waals surface area contributed by atoms with E-state index in [-0.39, 0.29) is 23.8 Å². The van der Waals surface area contributed by atoms with Crippen LogP contribution in [0.4, 0.5) is 14.9 Å². The number of fused-ring (bicyclic) bond motifs is 1. The predicted molar refractivity (Wildman–Crippen MR) is 184 cm³/mol. The lowest BCUT2D eigenvalue weighted by Crippen LogP contribution is -2.43. The molecule has 4 aromatic rings. The Bertz CT molecular complexity index is 1790. The van der Waals surface area contributed by atoms with Crippen molar-refractivity contribution in [2.45, 2.75) is 45.2 Å². The van der Waals surface area contributed by atoms with Crippen LogP contribution in [0.15, 0.2) is 144 Å². The van der Waals surface area contributed by atoms with Crippen LogP contribution in [0.2, 0.25) is 0 Å². The lowest BCUT2D eigenvalue weighted by Gasteiger charge is -2.32. The summed E-state index contributed by atoms with van der Waals surface area (Å²) in [6, 6.07) is 32.9. The van der Waals surface area contributed by atoms with Gasteiger partial charge in [-0.05, 0) is 90.8 Å². The van der Waals surface area contributed by atoms with Crippen LogP contribution in [0.3, 0.4) is 0 Å². The number of hydrogen-bond donors (Lipinski definition) is 2. The predicted octanol–water partition coefficient (Wildman–Crippen LogP) is 8.26. The molecule has 3 aliphatic rings. The van der Waals surface area contributed by atoms with Gasteiger partial charge in [-0.3, -0.25) is 9.99 Å². The van der Waals surface area contributed by atoms with Crippen molar-refractivity contribution < 1.29 is 9.18 Å². The molecule has 2 heterocycles. The third kappa shape index (κ3) is 6.70. The number of pyridine rings is 1. The van der Waals surface area contributed by atoms with E-state index in [1.807, 2.05) is 64.5 Å². The first-order valence-electron chi connectivity index (χ1n) is 16.5. The van der Waals surface area contributed by atoms with Gasteiger partial charge in [-0.15, -0.1) is 0 Å². The number of hydrazine groups is 1. The van der Waals surface area contributed by atoms with Crippen molar-refractivity contribution in [1.82, 2.24) is 20.6 Å². The van der Waals surface area contributed by atoms with E-state index in [4.69, 9.17) is 0 Å². The third-order valence-corrected chi connectivity index (χ3v) is 9.69. The van der Waals surface area contributed by atoms with E-state index in [9.17, 15) is 9.18 Å². The Kier molecular flexibility index (Phi) is 8.87.